The summed E-state index contributed by atoms with van der Waals surface area (Å²) < 4.78 is 1.80. The van der Waals surface area contributed by atoms with Crippen LogP contribution < -0.4 is 0 Å². The number of benzene rings is 1. The van der Waals surface area contributed by atoms with Crippen LogP contribution in [0.4, 0.5) is 0 Å². The molecule has 0 aliphatic heterocycles. The van der Waals surface area contributed by atoms with Crippen molar-refractivity contribution >= 4 is 11.9 Å². The van der Waals surface area contributed by atoms with Gasteiger partial charge in [-0.25, -0.2) is 0 Å². The number of carboxylic acid groups (broad SMARTS) is 1. The molecule has 2 aromatic rings. The maximum atomic E-state index is 12.4. The summed E-state index contributed by atoms with van der Waals surface area (Å²) in [7, 11) is 1.68. The Hall–Kier alpha value is -2.63. The molecule has 0 bridgehead atoms. The third kappa shape index (κ3) is 4.42. The van der Waals surface area contributed by atoms with Crippen LogP contribution in [0.15, 0.2) is 36.5 Å². The average Bonchev–Trinajstić information content (AvgIpc) is 2.88. The molecule has 122 valence electrons. The lowest BCUT2D eigenvalue weighted by Crippen LogP contribution is -2.28. The van der Waals surface area contributed by atoms with Gasteiger partial charge in [0.2, 0.25) is 0 Å². The maximum absolute atomic E-state index is 12.4. The van der Waals surface area contributed by atoms with Crippen molar-refractivity contribution in [3.63, 3.8) is 0 Å². The molecule has 1 aromatic carbocycles. The van der Waals surface area contributed by atoms with Crippen molar-refractivity contribution in [3.8, 4) is 0 Å². The number of amides is 1. The molecule has 1 heterocycles. The molecule has 6 heteroatoms. The van der Waals surface area contributed by atoms with Crippen molar-refractivity contribution in [1.29, 1.82) is 0 Å². The van der Waals surface area contributed by atoms with Gasteiger partial charge >= 0.3 is 5.97 Å². The Labute approximate surface area is 135 Å². The van der Waals surface area contributed by atoms with Crippen molar-refractivity contribution in [2.75, 3.05) is 13.6 Å². The second-order valence-electron chi connectivity index (χ2n) is 5.51. The molecule has 0 atom stereocenters. The molecule has 1 aromatic heterocycles. The van der Waals surface area contributed by atoms with Crippen LogP contribution in [0, 0.1) is 6.92 Å². The first kappa shape index (κ1) is 16.7. The van der Waals surface area contributed by atoms with E-state index < -0.39 is 5.97 Å². The Morgan fingerprint density at radius 3 is 2.61 bits per heavy atom. The van der Waals surface area contributed by atoms with E-state index in [0.717, 1.165) is 11.3 Å². The molecule has 6 nitrogen and oxygen atoms in total. The van der Waals surface area contributed by atoms with Crippen LogP contribution in [0.5, 0.6) is 0 Å². The molecular formula is C17H21N3O3. The molecule has 0 aliphatic carbocycles. The summed E-state index contributed by atoms with van der Waals surface area (Å²) in [6, 6.07) is 9.93. The third-order valence-electron chi connectivity index (χ3n) is 3.74. The van der Waals surface area contributed by atoms with Gasteiger partial charge in [0.05, 0.1) is 18.3 Å². The lowest BCUT2D eigenvalue weighted by Gasteiger charge is -2.16. The van der Waals surface area contributed by atoms with Crippen LogP contribution in [0.2, 0.25) is 0 Å². The summed E-state index contributed by atoms with van der Waals surface area (Å²) in [5, 5.41) is 13.0. The van der Waals surface area contributed by atoms with Gasteiger partial charge in [-0.15, -0.1) is 0 Å². The van der Waals surface area contributed by atoms with Gasteiger partial charge in [-0.2, -0.15) is 5.10 Å². The highest BCUT2D eigenvalue weighted by Crippen LogP contribution is 2.12. The summed E-state index contributed by atoms with van der Waals surface area (Å²) in [6.07, 6.45) is 2.08. The van der Waals surface area contributed by atoms with Crippen molar-refractivity contribution in [2.24, 2.45) is 0 Å². The van der Waals surface area contributed by atoms with E-state index in [0.29, 0.717) is 25.1 Å². The molecule has 2 rings (SSSR count). The number of rotatable bonds is 7. The highest BCUT2D eigenvalue weighted by Gasteiger charge is 2.18. The number of carbonyl (C=O) groups is 2. The molecule has 0 spiro atoms. The van der Waals surface area contributed by atoms with Gasteiger partial charge in [-0.1, -0.05) is 30.3 Å². The molecule has 0 fully saturated rings. The Morgan fingerprint density at radius 1 is 1.26 bits per heavy atom. The van der Waals surface area contributed by atoms with Gasteiger partial charge in [0.25, 0.3) is 5.91 Å². The Kier molecular flexibility index (Phi) is 5.51. The van der Waals surface area contributed by atoms with E-state index in [9.17, 15) is 9.59 Å². The zero-order chi connectivity index (χ0) is 16.8. The molecule has 1 amide bonds. The standard InChI is InChI=1S/C17H21N3O3/c1-13-15(17(23)19(2)10-6-9-16(21)22)11-18-20(13)12-14-7-4-3-5-8-14/h3-5,7-8,11H,6,9-10,12H2,1-2H3,(H,21,22). The zero-order valence-corrected chi connectivity index (χ0v) is 13.4. The number of hydrogen-bond acceptors (Lipinski definition) is 3. The zero-order valence-electron chi connectivity index (χ0n) is 13.4. The highest BCUT2D eigenvalue weighted by molar-refractivity contribution is 5.94. The van der Waals surface area contributed by atoms with Gasteiger partial charge in [-0.3, -0.25) is 14.3 Å². The van der Waals surface area contributed by atoms with Crippen molar-refractivity contribution in [1.82, 2.24) is 14.7 Å². The minimum Gasteiger partial charge on any atom is -0.481 e. The monoisotopic (exact) mass is 315 g/mol. The molecule has 0 saturated carbocycles. The van der Waals surface area contributed by atoms with Gasteiger partial charge in [-0.05, 0) is 18.9 Å². The van der Waals surface area contributed by atoms with Crippen LogP contribution in [-0.2, 0) is 11.3 Å². The first-order chi connectivity index (χ1) is 11.0. The largest absolute Gasteiger partial charge is 0.481 e. The second kappa shape index (κ2) is 7.58. The first-order valence-corrected chi connectivity index (χ1v) is 7.52. The van der Waals surface area contributed by atoms with E-state index in [-0.39, 0.29) is 12.3 Å². The Balaban J connectivity index is 2.03. The highest BCUT2D eigenvalue weighted by atomic mass is 16.4. The van der Waals surface area contributed by atoms with Crippen molar-refractivity contribution in [3.05, 3.63) is 53.3 Å². The number of aliphatic carboxylic acids is 1. The van der Waals surface area contributed by atoms with Gasteiger partial charge in [0.1, 0.15) is 0 Å². The van der Waals surface area contributed by atoms with Crippen molar-refractivity contribution < 1.29 is 14.7 Å². The molecule has 0 aliphatic rings. The fourth-order valence-corrected chi connectivity index (χ4v) is 2.35. The molecule has 0 saturated heterocycles. The normalized spacial score (nSPS) is 10.5. The van der Waals surface area contributed by atoms with Crippen LogP contribution in [0.25, 0.3) is 0 Å². The topological polar surface area (TPSA) is 75.4 Å². The lowest BCUT2D eigenvalue weighted by atomic mass is 10.2. The fourth-order valence-electron chi connectivity index (χ4n) is 2.35. The number of hydrogen-bond donors (Lipinski definition) is 1. The Bertz CT molecular complexity index is 680. The Morgan fingerprint density at radius 2 is 1.96 bits per heavy atom. The predicted molar refractivity (Wildman–Crippen MR) is 86.3 cm³/mol. The molecule has 23 heavy (non-hydrogen) atoms. The van der Waals surface area contributed by atoms with Crippen molar-refractivity contribution in [2.45, 2.75) is 26.3 Å². The smallest absolute Gasteiger partial charge is 0.303 e. The molecular weight excluding hydrogens is 294 g/mol. The van der Waals surface area contributed by atoms with Crippen LogP contribution in [0.1, 0.15) is 34.5 Å². The third-order valence-corrected chi connectivity index (χ3v) is 3.74. The lowest BCUT2D eigenvalue weighted by molar-refractivity contribution is -0.137. The molecule has 0 radical (unpaired) electrons. The number of aromatic nitrogens is 2. The minimum atomic E-state index is -0.849. The summed E-state index contributed by atoms with van der Waals surface area (Å²) in [5.41, 5.74) is 2.48. The summed E-state index contributed by atoms with van der Waals surface area (Å²) in [5.74, 6) is -0.982. The number of carbonyl (C=O) groups excluding carboxylic acids is 1. The maximum Gasteiger partial charge on any atom is 0.303 e. The van der Waals surface area contributed by atoms with Crippen LogP contribution in [-0.4, -0.2) is 45.3 Å². The van der Waals surface area contributed by atoms with E-state index in [1.807, 2.05) is 37.3 Å². The first-order valence-electron chi connectivity index (χ1n) is 7.52. The average molecular weight is 315 g/mol. The van der Waals surface area contributed by atoms with Crippen LogP contribution in [0.3, 0.4) is 0 Å². The van der Waals surface area contributed by atoms with Gasteiger partial charge in [0, 0.05) is 25.7 Å². The van der Waals surface area contributed by atoms with E-state index in [4.69, 9.17) is 5.11 Å². The number of carboxylic acids is 1. The summed E-state index contributed by atoms with van der Waals surface area (Å²) in [4.78, 5) is 24.5. The predicted octanol–water partition coefficient (Wildman–Crippen LogP) is 2.18. The number of nitrogens with zero attached hydrogens (tertiary/aromatic N) is 3. The van der Waals surface area contributed by atoms with Crippen LogP contribution >= 0.6 is 0 Å². The quantitative estimate of drug-likeness (QED) is 0.849. The second-order valence-corrected chi connectivity index (χ2v) is 5.51. The SMILES string of the molecule is Cc1c(C(=O)N(C)CCCC(=O)O)cnn1Cc1ccccc1. The summed E-state index contributed by atoms with van der Waals surface area (Å²) in [6.45, 7) is 2.89. The van der Waals surface area contributed by atoms with E-state index in [1.165, 1.54) is 0 Å². The van der Waals surface area contributed by atoms with E-state index in [2.05, 4.69) is 5.10 Å². The molecule has 1 N–H and O–H groups in total. The van der Waals surface area contributed by atoms with E-state index >= 15 is 0 Å². The minimum absolute atomic E-state index is 0.0594. The van der Waals surface area contributed by atoms with Gasteiger partial charge in [0.15, 0.2) is 0 Å². The van der Waals surface area contributed by atoms with Gasteiger partial charge < -0.3 is 10.0 Å². The summed E-state index contributed by atoms with van der Waals surface area (Å²) >= 11 is 0. The fraction of sp³-hybridized carbons (Fsp3) is 0.353. The molecule has 0 unspecified atom stereocenters. The van der Waals surface area contributed by atoms with E-state index in [1.54, 1.807) is 22.8 Å².